The van der Waals surface area contributed by atoms with Crippen molar-refractivity contribution in [3.63, 3.8) is 0 Å². The van der Waals surface area contributed by atoms with Gasteiger partial charge in [0.15, 0.2) is 0 Å². The molecule has 62 heavy (non-hydrogen) atoms. The number of carbonyl (C=O) groups is 5. The highest BCUT2D eigenvalue weighted by Gasteiger charge is 2.46. The summed E-state index contributed by atoms with van der Waals surface area (Å²) in [6.07, 6.45) is 8.27. The van der Waals surface area contributed by atoms with Crippen LogP contribution in [0.3, 0.4) is 0 Å². The van der Waals surface area contributed by atoms with Crippen LogP contribution in [0, 0.1) is 11.7 Å². The van der Waals surface area contributed by atoms with E-state index in [1.165, 1.54) is 12.1 Å². The van der Waals surface area contributed by atoms with Crippen LogP contribution in [-0.2, 0) is 25.4 Å². The van der Waals surface area contributed by atoms with Crippen molar-refractivity contribution in [2.45, 2.75) is 113 Å². The van der Waals surface area contributed by atoms with Gasteiger partial charge >= 0.3 is 0 Å². The Morgan fingerprint density at radius 2 is 1.65 bits per heavy atom. The van der Waals surface area contributed by atoms with E-state index in [4.69, 9.17) is 4.98 Å². The Labute approximate surface area is 360 Å². The fourth-order valence-electron chi connectivity index (χ4n) is 10.3. The highest BCUT2D eigenvalue weighted by atomic mass is 32.2. The molecule has 5 aliphatic heterocycles. The summed E-state index contributed by atoms with van der Waals surface area (Å²) in [6, 6.07) is 4.21. The van der Waals surface area contributed by atoms with Gasteiger partial charge in [0.25, 0.3) is 17.4 Å². The lowest BCUT2D eigenvalue weighted by Crippen LogP contribution is -2.54. The first kappa shape index (κ1) is 42.2. The number of anilines is 2. The number of imide groups is 2. The van der Waals surface area contributed by atoms with Gasteiger partial charge in [-0.1, -0.05) is 0 Å². The lowest BCUT2D eigenvalue weighted by atomic mass is 9.92. The third-order valence-electron chi connectivity index (χ3n) is 13.9. The Kier molecular flexibility index (Phi) is 11.5. The molecule has 0 radical (unpaired) electrons. The van der Waals surface area contributed by atoms with Crippen LogP contribution >= 0.6 is 0 Å². The molecule has 1 saturated carbocycles. The number of rotatable bonds is 9. The van der Waals surface area contributed by atoms with E-state index in [2.05, 4.69) is 15.6 Å². The molecule has 1 aromatic carbocycles. The molecule has 0 bridgehead atoms. The summed E-state index contributed by atoms with van der Waals surface area (Å²) in [5.41, 5.74) is -0.578. The third kappa shape index (κ3) is 8.02. The van der Waals surface area contributed by atoms with Crippen LogP contribution in [0.2, 0.25) is 0 Å². The second-order valence-electron chi connectivity index (χ2n) is 17.9. The van der Waals surface area contributed by atoms with Gasteiger partial charge in [0.2, 0.25) is 23.7 Å². The van der Waals surface area contributed by atoms with Crippen molar-refractivity contribution in [3.8, 4) is 0 Å². The van der Waals surface area contributed by atoms with Crippen molar-refractivity contribution in [1.29, 1.82) is 0 Å². The number of likely N-dealkylation sites (tertiary alicyclic amines) is 1. The number of halogens is 1. The monoisotopic (exact) mass is 873 g/mol. The number of carbonyl (C=O) groups excluding carboxylic acids is 5. The van der Waals surface area contributed by atoms with Gasteiger partial charge in [-0.25, -0.2) is 17.9 Å². The Hall–Kier alpha value is -5.14. The first-order valence-electron chi connectivity index (χ1n) is 21.9. The summed E-state index contributed by atoms with van der Waals surface area (Å²) >= 11 is 0. The van der Waals surface area contributed by atoms with E-state index >= 15 is 4.39 Å². The Balaban J connectivity index is 0.726. The molecule has 5 amide bonds. The molecule has 2 aromatic heterocycles. The molecular formula is C43H52FN9O8S. The second kappa shape index (κ2) is 16.9. The van der Waals surface area contributed by atoms with Crippen molar-refractivity contribution in [1.82, 2.24) is 34.0 Å². The number of pyridine rings is 1. The van der Waals surface area contributed by atoms with Gasteiger partial charge in [-0.05, 0) is 95.2 Å². The summed E-state index contributed by atoms with van der Waals surface area (Å²) in [4.78, 5) is 90.7. The van der Waals surface area contributed by atoms with E-state index < -0.39 is 52.1 Å². The molecule has 1 aliphatic carbocycles. The molecule has 3 N–H and O–H groups in total. The van der Waals surface area contributed by atoms with Gasteiger partial charge in [0.1, 0.15) is 17.5 Å². The Morgan fingerprint density at radius 3 is 2.32 bits per heavy atom. The van der Waals surface area contributed by atoms with Crippen LogP contribution in [0.4, 0.5) is 16.0 Å². The molecule has 4 atom stereocenters. The molecule has 19 heteroatoms. The van der Waals surface area contributed by atoms with E-state index in [0.29, 0.717) is 95.8 Å². The lowest BCUT2D eigenvalue weighted by Gasteiger charge is -2.38. The topological polar surface area (TPSA) is 207 Å². The largest absolute Gasteiger partial charge is 0.388 e. The minimum atomic E-state index is -1.19. The number of aromatic nitrogens is 3. The second-order valence-corrected chi connectivity index (χ2v) is 19.6. The molecular weight excluding hydrogens is 822 g/mol. The molecule has 5 fully saturated rings. The van der Waals surface area contributed by atoms with Crippen molar-refractivity contribution in [2.24, 2.45) is 5.92 Å². The van der Waals surface area contributed by atoms with Gasteiger partial charge in [-0.15, -0.1) is 0 Å². The van der Waals surface area contributed by atoms with E-state index in [1.54, 1.807) is 23.8 Å². The normalized spacial score (nSPS) is 26.3. The van der Waals surface area contributed by atoms with E-state index in [1.807, 2.05) is 14.1 Å². The number of hydrogen-bond acceptors (Lipinski definition) is 12. The Bertz CT molecular complexity index is 2410. The van der Waals surface area contributed by atoms with Gasteiger partial charge in [0.05, 0.1) is 44.7 Å². The molecule has 17 nitrogen and oxygen atoms in total. The number of piperidine rings is 4. The number of nitrogens with one attached hydrogen (secondary N) is 2. The van der Waals surface area contributed by atoms with Gasteiger partial charge in [-0.3, -0.25) is 43.6 Å². The fourth-order valence-corrected chi connectivity index (χ4v) is 11.9. The number of amides is 5. The summed E-state index contributed by atoms with van der Waals surface area (Å²) in [5.74, 6) is -2.72. The number of fused-ring (bicyclic) bond motifs is 2. The molecule has 3 aromatic rings. The molecule has 7 heterocycles. The molecule has 330 valence electrons. The molecule has 0 spiro atoms. The van der Waals surface area contributed by atoms with Crippen LogP contribution in [0.5, 0.6) is 0 Å². The van der Waals surface area contributed by atoms with E-state index in [0.717, 1.165) is 35.6 Å². The predicted molar refractivity (Wildman–Crippen MR) is 226 cm³/mol. The van der Waals surface area contributed by atoms with Crippen molar-refractivity contribution in [3.05, 3.63) is 57.8 Å². The van der Waals surface area contributed by atoms with Crippen molar-refractivity contribution < 1.29 is 37.7 Å². The van der Waals surface area contributed by atoms with Crippen LogP contribution in [0.15, 0.2) is 35.3 Å². The number of benzene rings is 1. The first-order valence-corrected chi connectivity index (χ1v) is 23.0. The molecule has 3 unspecified atom stereocenters. The molecule has 4 saturated heterocycles. The minimum Gasteiger partial charge on any atom is -0.388 e. The van der Waals surface area contributed by atoms with Gasteiger partial charge < -0.3 is 20.2 Å². The Morgan fingerprint density at radius 1 is 0.935 bits per heavy atom. The number of nitrogens with zero attached hydrogens (tertiary/aromatic N) is 7. The minimum absolute atomic E-state index is 0.00737. The zero-order chi connectivity index (χ0) is 43.4. The standard InChI is InChI=1S/C43H52FN9O8S/c1-43(60)14-2-3-34(43)53-36(55)7-4-26-24-45-42(48-38(26)53)46-27-10-19-51(20-11-27)62(61)28-12-17-50(18-13-28)37(56)21-25-8-15-49(16-9-25)33-23-30-29(22-31(33)44)40(58)52(41(30)59)32-5-6-35(54)47-39(32)57/h4,7,22-25,27-28,32,34,60H,2-3,5-6,8-21H2,1H3,(H,45,46,48)(H,47,54,57)/t32?,34?,43-,62?/m1/s1. The van der Waals surface area contributed by atoms with Gasteiger partial charge in [0, 0.05) is 75.8 Å². The quantitative estimate of drug-likeness (QED) is 0.266. The first-order chi connectivity index (χ1) is 29.8. The molecule has 6 aliphatic rings. The number of aliphatic hydroxyl groups is 1. The van der Waals surface area contributed by atoms with Crippen molar-refractivity contribution in [2.75, 3.05) is 49.5 Å². The maximum Gasteiger partial charge on any atom is 0.262 e. The maximum absolute atomic E-state index is 15.5. The predicted octanol–water partition coefficient (Wildman–Crippen LogP) is 2.65. The summed E-state index contributed by atoms with van der Waals surface area (Å²) in [6.45, 7) is 5.04. The third-order valence-corrected chi connectivity index (χ3v) is 15.8. The summed E-state index contributed by atoms with van der Waals surface area (Å²) in [5, 5.41) is 17.3. The lowest BCUT2D eigenvalue weighted by molar-refractivity contribution is -0.136. The SMILES string of the molecule is C[C@@]1(O)CCCC1n1c(=O)ccc2cnc(NC3CCN(S(=O)C4CCN(C(=O)CC5CCN(c6cc7c(cc6F)C(=O)N(C6CCC(=O)NC6=O)C7=O)CC5)CC4)CC3)nc21. The summed E-state index contributed by atoms with van der Waals surface area (Å²) < 4.78 is 32.8. The van der Waals surface area contributed by atoms with Crippen LogP contribution in [0.1, 0.15) is 111 Å². The highest BCUT2D eigenvalue weighted by Crippen LogP contribution is 2.40. The highest BCUT2D eigenvalue weighted by molar-refractivity contribution is 7.83. The van der Waals surface area contributed by atoms with Crippen LogP contribution in [0.25, 0.3) is 11.0 Å². The average molecular weight is 874 g/mol. The molecule has 9 rings (SSSR count). The maximum atomic E-state index is 15.5. The average Bonchev–Trinajstić information content (AvgIpc) is 3.73. The smallest absolute Gasteiger partial charge is 0.262 e. The van der Waals surface area contributed by atoms with Crippen molar-refractivity contribution >= 4 is 63.2 Å². The zero-order valence-electron chi connectivity index (χ0n) is 34.7. The van der Waals surface area contributed by atoms with E-state index in [-0.39, 0.29) is 64.4 Å². The number of hydrogen-bond donors (Lipinski definition) is 3. The zero-order valence-corrected chi connectivity index (χ0v) is 35.5. The van der Waals surface area contributed by atoms with Crippen LogP contribution in [-0.4, -0.2) is 130 Å². The van der Waals surface area contributed by atoms with Gasteiger partial charge in [-0.2, -0.15) is 4.98 Å². The summed E-state index contributed by atoms with van der Waals surface area (Å²) in [7, 11) is -1.19. The van der Waals surface area contributed by atoms with E-state index in [9.17, 15) is 38.1 Å². The van der Waals surface area contributed by atoms with Crippen LogP contribution < -0.4 is 21.1 Å². The fraction of sp³-hybridized carbons (Fsp3) is 0.581.